The normalized spacial score (nSPS) is 21.8. The van der Waals surface area contributed by atoms with Crippen LogP contribution in [0.5, 0.6) is 0 Å². The van der Waals surface area contributed by atoms with Crippen molar-refractivity contribution in [2.24, 2.45) is 5.84 Å². The second-order valence-electron chi connectivity index (χ2n) is 5.45. The lowest BCUT2D eigenvalue weighted by atomic mass is 9.78. The summed E-state index contributed by atoms with van der Waals surface area (Å²) in [5, 5.41) is 3.51. The van der Waals surface area contributed by atoms with Crippen LogP contribution in [0.25, 0.3) is 0 Å². The lowest BCUT2D eigenvalue weighted by molar-refractivity contribution is 0.305. The molecule has 2 aliphatic carbocycles. The number of nitrogen functional groups attached to an aromatic ring is 1. The molecule has 1 heterocycles. The van der Waals surface area contributed by atoms with Crippen LogP contribution in [0, 0.1) is 0 Å². The van der Waals surface area contributed by atoms with Gasteiger partial charge in [-0.15, -0.1) is 0 Å². The SMILES string of the molecule is CC1(Nc2cc(NN)nc(C3CC3)n2)CCC1. The van der Waals surface area contributed by atoms with E-state index in [1.165, 1.54) is 32.1 Å². The molecule has 0 spiro atoms. The first kappa shape index (κ1) is 10.8. The van der Waals surface area contributed by atoms with Crippen LogP contribution >= 0.6 is 0 Å². The number of nitrogens with zero attached hydrogens (tertiary/aromatic N) is 2. The van der Waals surface area contributed by atoms with E-state index in [2.05, 4.69) is 27.6 Å². The van der Waals surface area contributed by atoms with Crippen LogP contribution < -0.4 is 16.6 Å². The lowest BCUT2D eigenvalue weighted by Crippen LogP contribution is -2.42. The topological polar surface area (TPSA) is 75.9 Å². The molecule has 17 heavy (non-hydrogen) atoms. The zero-order valence-electron chi connectivity index (χ0n) is 10.2. The molecule has 2 aliphatic rings. The molecule has 4 N–H and O–H groups in total. The van der Waals surface area contributed by atoms with Crippen molar-refractivity contribution in [2.75, 3.05) is 10.7 Å². The molecule has 92 valence electrons. The smallest absolute Gasteiger partial charge is 0.145 e. The van der Waals surface area contributed by atoms with Crippen molar-refractivity contribution in [3.05, 3.63) is 11.9 Å². The number of rotatable bonds is 4. The van der Waals surface area contributed by atoms with E-state index in [1.54, 1.807) is 0 Å². The Kier molecular flexibility index (Phi) is 2.43. The van der Waals surface area contributed by atoms with Gasteiger partial charge in [-0.25, -0.2) is 15.8 Å². The number of aromatic nitrogens is 2. The average molecular weight is 233 g/mol. The van der Waals surface area contributed by atoms with Crippen molar-refractivity contribution in [2.45, 2.75) is 50.5 Å². The summed E-state index contributed by atoms with van der Waals surface area (Å²) >= 11 is 0. The summed E-state index contributed by atoms with van der Waals surface area (Å²) in [4.78, 5) is 8.99. The fourth-order valence-electron chi connectivity index (χ4n) is 2.27. The first-order chi connectivity index (χ1) is 8.18. The van der Waals surface area contributed by atoms with Gasteiger partial charge >= 0.3 is 0 Å². The number of anilines is 2. The van der Waals surface area contributed by atoms with Crippen molar-refractivity contribution >= 4 is 11.6 Å². The van der Waals surface area contributed by atoms with Crippen molar-refractivity contribution in [1.82, 2.24) is 9.97 Å². The second-order valence-corrected chi connectivity index (χ2v) is 5.45. The molecular weight excluding hydrogens is 214 g/mol. The van der Waals surface area contributed by atoms with Gasteiger partial charge in [0.05, 0.1) is 0 Å². The van der Waals surface area contributed by atoms with Crippen molar-refractivity contribution < 1.29 is 0 Å². The van der Waals surface area contributed by atoms with Gasteiger partial charge in [-0.3, -0.25) is 0 Å². The van der Waals surface area contributed by atoms with Gasteiger partial charge in [0.25, 0.3) is 0 Å². The molecule has 2 fully saturated rings. The molecule has 1 aromatic heterocycles. The van der Waals surface area contributed by atoms with Crippen LogP contribution in [0.3, 0.4) is 0 Å². The van der Waals surface area contributed by atoms with Gasteiger partial charge in [-0.2, -0.15) is 0 Å². The standard InChI is InChI=1S/C12H19N5/c1-12(5-2-6-12)16-9-7-10(17-13)15-11(14-9)8-3-4-8/h7-8H,2-6,13H2,1H3,(H2,14,15,16,17). The number of nitrogens with one attached hydrogen (secondary N) is 2. The Morgan fingerprint density at radius 2 is 2.00 bits per heavy atom. The Morgan fingerprint density at radius 3 is 2.53 bits per heavy atom. The zero-order valence-corrected chi connectivity index (χ0v) is 10.2. The van der Waals surface area contributed by atoms with Gasteiger partial charge < -0.3 is 10.7 Å². The Balaban J connectivity index is 1.84. The third kappa shape index (κ3) is 2.20. The maximum Gasteiger partial charge on any atom is 0.145 e. The Morgan fingerprint density at radius 1 is 1.29 bits per heavy atom. The van der Waals surface area contributed by atoms with Gasteiger partial charge in [0.2, 0.25) is 0 Å². The number of hydrazine groups is 1. The van der Waals surface area contributed by atoms with Crippen LogP contribution in [0.15, 0.2) is 6.07 Å². The van der Waals surface area contributed by atoms with E-state index in [-0.39, 0.29) is 5.54 Å². The highest BCUT2D eigenvalue weighted by atomic mass is 15.3. The highest BCUT2D eigenvalue weighted by Gasteiger charge is 2.33. The molecule has 2 saturated carbocycles. The summed E-state index contributed by atoms with van der Waals surface area (Å²) in [6, 6.07) is 1.88. The molecule has 0 atom stereocenters. The maximum atomic E-state index is 5.45. The summed E-state index contributed by atoms with van der Waals surface area (Å²) in [5.41, 5.74) is 2.83. The molecule has 0 radical (unpaired) electrons. The second kappa shape index (κ2) is 3.84. The van der Waals surface area contributed by atoms with Crippen LogP contribution in [0.2, 0.25) is 0 Å². The van der Waals surface area contributed by atoms with E-state index in [0.717, 1.165) is 11.6 Å². The van der Waals surface area contributed by atoms with E-state index in [0.29, 0.717) is 11.7 Å². The Hall–Kier alpha value is -1.36. The van der Waals surface area contributed by atoms with Gasteiger partial charge in [-0.1, -0.05) is 0 Å². The molecule has 0 bridgehead atoms. The van der Waals surface area contributed by atoms with Gasteiger partial charge in [0.1, 0.15) is 17.5 Å². The quantitative estimate of drug-likeness (QED) is 0.547. The third-order valence-corrected chi connectivity index (χ3v) is 3.72. The van der Waals surface area contributed by atoms with E-state index < -0.39 is 0 Å². The van der Waals surface area contributed by atoms with Crippen molar-refractivity contribution in [3.8, 4) is 0 Å². The minimum atomic E-state index is 0.209. The van der Waals surface area contributed by atoms with E-state index in [1.807, 2.05) is 6.07 Å². The van der Waals surface area contributed by atoms with E-state index >= 15 is 0 Å². The highest BCUT2D eigenvalue weighted by molar-refractivity contribution is 5.49. The summed E-state index contributed by atoms with van der Waals surface area (Å²) in [6.07, 6.45) is 6.11. The Labute approximate surface area is 101 Å². The fourth-order valence-corrected chi connectivity index (χ4v) is 2.27. The molecule has 5 heteroatoms. The lowest BCUT2D eigenvalue weighted by Gasteiger charge is -2.39. The molecule has 5 nitrogen and oxygen atoms in total. The number of hydrogen-bond donors (Lipinski definition) is 3. The first-order valence-corrected chi connectivity index (χ1v) is 6.32. The van der Waals surface area contributed by atoms with Gasteiger partial charge in [-0.05, 0) is 39.0 Å². The molecule has 0 aromatic carbocycles. The van der Waals surface area contributed by atoms with E-state index in [4.69, 9.17) is 5.84 Å². The summed E-state index contributed by atoms with van der Waals surface area (Å²) in [5.74, 6) is 8.51. The van der Waals surface area contributed by atoms with Crippen molar-refractivity contribution in [1.29, 1.82) is 0 Å². The largest absolute Gasteiger partial charge is 0.365 e. The third-order valence-electron chi connectivity index (χ3n) is 3.72. The average Bonchev–Trinajstić information content (AvgIpc) is 3.10. The molecule has 0 aliphatic heterocycles. The highest BCUT2D eigenvalue weighted by Crippen LogP contribution is 2.40. The number of hydrogen-bond acceptors (Lipinski definition) is 5. The maximum absolute atomic E-state index is 5.45. The summed E-state index contributed by atoms with van der Waals surface area (Å²) in [7, 11) is 0. The van der Waals surface area contributed by atoms with Crippen LogP contribution in [-0.4, -0.2) is 15.5 Å². The van der Waals surface area contributed by atoms with Gasteiger partial charge in [0, 0.05) is 17.5 Å². The predicted molar refractivity (Wildman–Crippen MR) is 67.7 cm³/mol. The molecule has 0 amide bonds. The summed E-state index contributed by atoms with van der Waals surface area (Å²) in [6.45, 7) is 2.24. The number of nitrogens with two attached hydrogens (primary N) is 1. The molecule has 3 rings (SSSR count). The minimum Gasteiger partial charge on any atom is -0.365 e. The Bertz CT molecular complexity index is 423. The van der Waals surface area contributed by atoms with Crippen LogP contribution in [0.4, 0.5) is 11.6 Å². The molecule has 0 unspecified atom stereocenters. The van der Waals surface area contributed by atoms with E-state index in [9.17, 15) is 0 Å². The van der Waals surface area contributed by atoms with Crippen molar-refractivity contribution in [3.63, 3.8) is 0 Å². The van der Waals surface area contributed by atoms with Crippen LogP contribution in [-0.2, 0) is 0 Å². The molecular formula is C12H19N5. The molecule has 1 aromatic rings. The first-order valence-electron chi connectivity index (χ1n) is 6.32. The van der Waals surface area contributed by atoms with Gasteiger partial charge in [0.15, 0.2) is 0 Å². The predicted octanol–water partition coefficient (Wildman–Crippen LogP) is 1.99. The van der Waals surface area contributed by atoms with Crippen LogP contribution in [0.1, 0.15) is 50.8 Å². The monoisotopic (exact) mass is 233 g/mol. The minimum absolute atomic E-state index is 0.209. The fraction of sp³-hybridized carbons (Fsp3) is 0.667. The summed E-state index contributed by atoms with van der Waals surface area (Å²) < 4.78 is 0. The zero-order chi connectivity index (χ0) is 11.9. The molecule has 0 saturated heterocycles.